The highest BCUT2D eigenvalue weighted by Crippen LogP contribution is 2.24. The van der Waals surface area contributed by atoms with Gasteiger partial charge in [0.1, 0.15) is 12.1 Å². The van der Waals surface area contributed by atoms with Crippen LogP contribution in [-0.4, -0.2) is 66.1 Å². The summed E-state index contributed by atoms with van der Waals surface area (Å²) in [5, 5.41) is 3.61. The van der Waals surface area contributed by atoms with Gasteiger partial charge in [-0.15, -0.1) is 0 Å². The van der Waals surface area contributed by atoms with Crippen LogP contribution >= 0.6 is 0 Å². The van der Waals surface area contributed by atoms with E-state index >= 15 is 0 Å². The second-order valence-corrected chi connectivity index (χ2v) is 6.71. The zero-order valence-corrected chi connectivity index (χ0v) is 15.7. The summed E-state index contributed by atoms with van der Waals surface area (Å²) in [6.45, 7) is 3.49. The third-order valence-corrected chi connectivity index (χ3v) is 4.92. The van der Waals surface area contributed by atoms with Gasteiger partial charge in [0.05, 0.1) is 24.5 Å². The van der Waals surface area contributed by atoms with E-state index in [4.69, 9.17) is 9.73 Å². The minimum atomic E-state index is 0.235. The molecule has 2 aliphatic heterocycles. The van der Waals surface area contributed by atoms with Crippen molar-refractivity contribution in [3.05, 3.63) is 60.2 Å². The van der Waals surface area contributed by atoms with Gasteiger partial charge in [-0.25, -0.2) is 15.0 Å². The summed E-state index contributed by atoms with van der Waals surface area (Å²) < 4.78 is 5.38. The summed E-state index contributed by atoms with van der Waals surface area (Å²) in [4.78, 5) is 17.8. The predicted molar refractivity (Wildman–Crippen MR) is 105 cm³/mol. The smallest absolute Gasteiger partial charge is 0.202 e. The molecular formula is C20H24N6O. The lowest BCUT2D eigenvalue weighted by Gasteiger charge is -2.39. The number of ether oxygens (including phenoxy) is 1. The number of aromatic nitrogens is 2. The van der Waals surface area contributed by atoms with E-state index in [0.717, 1.165) is 49.3 Å². The maximum atomic E-state index is 5.38. The molecule has 0 amide bonds. The fourth-order valence-electron chi connectivity index (χ4n) is 3.47. The third kappa shape index (κ3) is 3.78. The van der Waals surface area contributed by atoms with Gasteiger partial charge in [0.2, 0.25) is 5.96 Å². The van der Waals surface area contributed by atoms with Crippen LogP contribution in [0.4, 0.5) is 0 Å². The molecule has 3 heterocycles. The molecule has 1 aromatic heterocycles. The topological polar surface area (TPSA) is 65.9 Å². The Balaban J connectivity index is 1.56. The number of hydrogen-bond acceptors (Lipinski definition) is 7. The van der Waals surface area contributed by atoms with E-state index < -0.39 is 0 Å². The summed E-state index contributed by atoms with van der Waals surface area (Å²) >= 11 is 0. The van der Waals surface area contributed by atoms with E-state index in [9.17, 15) is 0 Å². The lowest BCUT2D eigenvalue weighted by molar-refractivity contribution is 0.266. The highest BCUT2D eigenvalue weighted by molar-refractivity contribution is 5.88. The van der Waals surface area contributed by atoms with E-state index in [2.05, 4.69) is 50.3 Å². The number of guanidine groups is 1. The van der Waals surface area contributed by atoms with E-state index in [1.807, 2.05) is 18.2 Å². The van der Waals surface area contributed by atoms with Crippen LogP contribution in [0.3, 0.4) is 0 Å². The number of nitrogens with zero attached hydrogens (tertiary/aromatic N) is 5. The van der Waals surface area contributed by atoms with Crippen molar-refractivity contribution in [2.45, 2.75) is 6.04 Å². The van der Waals surface area contributed by atoms with Crippen molar-refractivity contribution in [2.75, 3.05) is 40.3 Å². The third-order valence-electron chi connectivity index (χ3n) is 4.92. The molecule has 1 saturated heterocycles. The standard InChI is InChI=1S/C20H24N6O/c1-25-10-7-18(17-6-8-21-14-23-17)24-20(25)26-11-9-22-19(13-26)15-4-3-5-16(12-15)27-2/h3-8,12,14,19,22H,9-11,13H2,1-2H3. The molecule has 7 heteroatoms. The molecule has 0 saturated carbocycles. The monoisotopic (exact) mass is 364 g/mol. The van der Waals surface area contributed by atoms with Crippen LogP contribution < -0.4 is 10.1 Å². The zero-order valence-electron chi connectivity index (χ0n) is 15.7. The van der Waals surface area contributed by atoms with Gasteiger partial charge in [0, 0.05) is 39.4 Å². The van der Waals surface area contributed by atoms with Crippen molar-refractivity contribution in [1.29, 1.82) is 0 Å². The highest BCUT2D eigenvalue weighted by atomic mass is 16.5. The molecule has 7 nitrogen and oxygen atoms in total. The summed E-state index contributed by atoms with van der Waals surface area (Å²) in [6, 6.07) is 10.4. The maximum absolute atomic E-state index is 5.38. The highest BCUT2D eigenvalue weighted by Gasteiger charge is 2.27. The number of hydrogen-bond donors (Lipinski definition) is 1. The molecule has 27 heavy (non-hydrogen) atoms. The minimum absolute atomic E-state index is 0.235. The number of rotatable bonds is 3. The molecule has 1 atom stereocenters. The van der Waals surface area contributed by atoms with Gasteiger partial charge in [-0.2, -0.15) is 0 Å². The van der Waals surface area contributed by atoms with Crippen LogP contribution in [0.5, 0.6) is 5.75 Å². The largest absolute Gasteiger partial charge is 0.497 e. The first kappa shape index (κ1) is 17.5. The molecule has 1 N–H and O–H groups in total. The molecule has 2 aromatic rings. The summed E-state index contributed by atoms with van der Waals surface area (Å²) in [7, 11) is 3.78. The Kier molecular flexibility index (Phi) is 5.02. The first-order chi connectivity index (χ1) is 13.2. The van der Waals surface area contributed by atoms with E-state index in [1.54, 1.807) is 19.6 Å². The predicted octanol–water partition coefficient (Wildman–Crippen LogP) is 1.77. The second kappa shape index (κ2) is 7.75. The lowest BCUT2D eigenvalue weighted by atomic mass is 10.0. The van der Waals surface area contributed by atoms with E-state index in [-0.39, 0.29) is 6.04 Å². The van der Waals surface area contributed by atoms with Gasteiger partial charge >= 0.3 is 0 Å². The van der Waals surface area contributed by atoms with Gasteiger partial charge in [0.25, 0.3) is 0 Å². The number of methoxy groups -OCH3 is 1. The average Bonchev–Trinajstić information content (AvgIpc) is 2.75. The zero-order chi connectivity index (χ0) is 18.6. The molecule has 0 spiro atoms. The Morgan fingerprint density at radius 2 is 2.19 bits per heavy atom. The molecular weight excluding hydrogens is 340 g/mol. The van der Waals surface area contributed by atoms with Crippen LogP contribution in [0.1, 0.15) is 17.3 Å². The minimum Gasteiger partial charge on any atom is -0.497 e. The lowest BCUT2D eigenvalue weighted by Crippen LogP contribution is -2.53. The van der Waals surface area contributed by atoms with Crippen LogP contribution in [0.25, 0.3) is 5.70 Å². The van der Waals surface area contributed by atoms with Crippen molar-refractivity contribution in [3.8, 4) is 5.75 Å². The summed E-state index contributed by atoms with van der Waals surface area (Å²) in [6.07, 6.45) is 5.42. The molecule has 0 bridgehead atoms. The molecule has 1 fully saturated rings. The molecule has 1 unspecified atom stereocenters. The Hall–Kier alpha value is -2.93. The number of nitrogens with one attached hydrogen (secondary N) is 1. The van der Waals surface area contributed by atoms with Gasteiger partial charge in [-0.05, 0) is 29.8 Å². The Morgan fingerprint density at radius 1 is 1.26 bits per heavy atom. The Bertz CT molecular complexity index is 851. The number of benzene rings is 1. The van der Waals surface area contributed by atoms with Gasteiger partial charge in [0.15, 0.2) is 0 Å². The fraction of sp³-hybridized carbons (Fsp3) is 0.350. The SMILES string of the molecule is COc1cccc(C2CN(C3=NC(c4ccncn4)=CCN3C)CCN2)c1. The summed E-state index contributed by atoms with van der Waals surface area (Å²) in [5.74, 6) is 1.87. The average molecular weight is 364 g/mol. The molecule has 1 aromatic carbocycles. The van der Waals surface area contributed by atoms with Crippen LogP contribution in [-0.2, 0) is 0 Å². The number of piperazine rings is 1. The Labute approximate surface area is 159 Å². The normalized spacial score (nSPS) is 20.1. The number of likely N-dealkylation sites (N-methyl/N-ethyl adjacent to an activating group) is 1. The van der Waals surface area contributed by atoms with Crippen LogP contribution in [0.2, 0.25) is 0 Å². The second-order valence-electron chi connectivity index (χ2n) is 6.71. The first-order valence-electron chi connectivity index (χ1n) is 9.13. The van der Waals surface area contributed by atoms with Crippen LogP contribution in [0, 0.1) is 0 Å². The fourth-order valence-corrected chi connectivity index (χ4v) is 3.47. The molecule has 140 valence electrons. The van der Waals surface area contributed by atoms with Crippen molar-refractivity contribution >= 4 is 11.7 Å². The quantitative estimate of drug-likeness (QED) is 0.896. The summed E-state index contributed by atoms with van der Waals surface area (Å²) in [5.41, 5.74) is 2.99. The van der Waals surface area contributed by atoms with Crippen molar-refractivity contribution in [3.63, 3.8) is 0 Å². The Morgan fingerprint density at radius 3 is 3.00 bits per heavy atom. The van der Waals surface area contributed by atoms with Crippen molar-refractivity contribution < 1.29 is 4.74 Å². The first-order valence-corrected chi connectivity index (χ1v) is 9.13. The maximum Gasteiger partial charge on any atom is 0.202 e. The van der Waals surface area contributed by atoms with E-state index in [1.165, 1.54) is 5.56 Å². The molecule has 0 radical (unpaired) electrons. The van der Waals surface area contributed by atoms with Gasteiger partial charge in [-0.1, -0.05) is 12.1 Å². The van der Waals surface area contributed by atoms with Crippen molar-refractivity contribution in [1.82, 2.24) is 25.1 Å². The van der Waals surface area contributed by atoms with Crippen molar-refractivity contribution in [2.24, 2.45) is 4.99 Å². The van der Waals surface area contributed by atoms with Gasteiger partial charge in [-0.3, -0.25) is 0 Å². The molecule has 0 aliphatic carbocycles. The molecule has 4 rings (SSSR count). The number of aliphatic imine (C=N–C) groups is 1. The van der Waals surface area contributed by atoms with Crippen LogP contribution in [0.15, 0.2) is 53.9 Å². The van der Waals surface area contributed by atoms with E-state index in [0.29, 0.717) is 0 Å². The molecule has 2 aliphatic rings. The van der Waals surface area contributed by atoms with Gasteiger partial charge < -0.3 is 19.9 Å².